The summed E-state index contributed by atoms with van der Waals surface area (Å²) in [6, 6.07) is 16.7. The average molecular weight is 571 g/mol. The molecule has 3 aromatic rings. The Labute approximate surface area is 236 Å². The number of carbonyl (C=O) groups is 2. The summed E-state index contributed by atoms with van der Waals surface area (Å²) >= 11 is 0. The Bertz CT molecular complexity index is 1480. The molecule has 0 spiro atoms. The van der Waals surface area contributed by atoms with E-state index in [1.165, 1.54) is 13.2 Å². The highest BCUT2D eigenvalue weighted by Gasteiger charge is 2.33. The number of aryl methyl sites for hydroxylation is 1. The third-order valence-corrected chi connectivity index (χ3v) is 7.55. The zero-order chi connectivity index (χ0) is 29.7. The van der Waals surface area contributed by atoms with Crippen LogP contribution in [0.3, 0.4) is 0 Å². The molecule has 0 aliphatic rings. The van der Waals surface area contributed by atoms with Crippen molar-refractivity contribution in [3.05, 3.63) is 71.8 Å². The fourth-order valence-corrected chi connectivity index (χ4v) is 5.84. The van der Waals surface area contributed by atoms with Crippen molar-refractivity contribution < 1.29 is 32.2 Å². The predicted octanol–water partition coefficient (Wildman–Crippen LogP) is 4.56. The second-order valence-electron chi connectivity index (χ2n) is 11.0. The fraction of sp³-hybridized carbons (Fsp3) is 0.400. The van der Waals surface area contributed by atoms with Crippen molar-refractivity contribution >= 4 is 32.7 Å². The number of para-hydroxylation sites is 1. The first-order valence-corrected chi connectivity index (χ1v) is 14.4. The van der Waals surface area contributed by atoms with Gasteiger partial charge in [-0.2, -0.15) is 4.72 Å². The summed E-state index contributed by atoms with van der Waals surface area (Å²) in [5.74, 6) is -1.37. The van der Waals surface area contributed by atoms with Crippen LogP contribution in [-0.4, -0.2) is 45.8 Å². The van der Waals surface area contributed by atoms with Gasteiger partial charge in [0, 0.05) is 12.7 Å². The van der Waals surface area contributed by atoms with Crippen molar-refractivity contribution in [3.63, 3.8) is 0 Å². The van der Waals surface area contributed by atoms with Gasteiger partial charge in [-0.3, -0.25) is 9.59 Å². The number of fused-ring (bicyclic) bond motifs is 1. The molecule has 1 amide bonds. The summed E-state index contributed by atoms with van der Waals surface area (Å²) in [6.07, 6.45) is -0.518. The Morgan fingerprint density at radius 2 is 1.57 bits per heavy atom. The summed E-state index contributed by atoms with van der Waals surface area (Å²) in [5, 5.41) is 4.48. The number of esters is 1. The highest BCUT2D eigenvalue weighted by Crippen LogP contribution is 2.37. The molecular weight excluding hydrogens is 532 g/mol. The van der Waals surface area contributed by atoms with Gasteiger partial charge in [0.15, 0.2) is 0 Å². The number of sulfonamides is 1. The number of carbonyl (C=O) groups excluding carboxylic acids is 2. The quantitative estimate of drug-likeness (QED) is 0.256. The van der Waals surface area contributed by atoms with Crippen LogP contribution in [0.5, 0.6) is 5.75 Å². The minimum absolute atomic E-state index is 0.0978. The molecule has 0 heterocycles. The molecule has 0 radical (unpaired) electrons. The van der Waals surface area contributed by atoms with Crippen molar-refractivity contribution in [1.82, 2.24) is 10.0 Å². The Morgan fingerprint density at radius 3 is 2.25 bits per heavy atom. The predicted molar refractivity (Wildman–Crippen MR) is 153 cm³/mol. The Morgan fingerprint density at radius 1 is 0.925 bits per heavy atom. The normalized spacial score (nSPS) is 13.1. The van der Waals surface area contributed by atoms with E-state index in [1.54, 1.807) is 39.0 Å². The lowest BCUT2D eigenvalue weighted by atomic mass is 9.88. The van der Waals surface area contributed by atoms with Crippen molar-refractivity contribution in [2.75, 3.05) is 13.8 Å². The Kier molecular flexibility index (Phi) is 9.60. The molecule has 0 aromatic heterocycles. The third-order valence-electron chi connectivity index (χ3n) is 6.04. The van der Waals surface area contributed by atoms with Crippen LogP contribution < -0.4 is 14.8 Å². The largest absolute Gasteiger partial charge is 0.482 e. The standard InChI is InChI=1S/C30H38N2O7S/c1-20-16-17-21-12-8-9-13-22(21)27(20)30(5,6)38-24-14-10-11-15-25(24)40(35,36)32-23(28(34)31-19-37-7)18-26(33)39-29(2,3)4/h8-17,23,32H,18-19H2,1-7H3,(H,31,34)/t23-/m0/s1. The van der Waals surface area contributed by atoms with Crippen molar-refractivity contribution in [1.29, 1.82) is 0 Å². The topological polar surface area (TPSA) is 120 Å². The van der Waals surface area contributed by atoms with Gasteiger partial charge in [0.2, 0.25) is 15.9 Å². The molecule has 0 bridgehead atoms. The molecule has 0 saturated carbocycles. The van der Waals surface area contributed by atoms with Gasteiger partial charge in [0.25, 0.3) is 0 Å². The maximum atomic E-state index is 13.7. The highest BCUT2D eigenvalue weighted by molar-refractivity contribution is 7.89. The van der Waals surface area contributed by atoms with Gasteiger partial charge in [-0.25, -0.2) is 8.42 Å². The lowest BCUT2D eigenvalue weighted by Crippen LogP contribution is -2.48. The van der Waals surface area contributed by atoms with Crippen LogP contribution >= 0.6 is 0 Å². The van der Waals surface area contributed by atoms with Gasteiger partial charge >= 0.3 is 5.97 Å². The average Bonchev–Trinajstić information content (AvgIpc) is 2.85. The molecule has 216 valence electrons. The number of rotatable bonds is 11. The molecule has 0 unspecified atom stereocenters. The summed E-state index contributed by atoms with van der Waals surface area (Å²) in [6.45, 7) is 10.6. The van der Waals surface area contributed by atoms with E-state index in [-0.39, 0.29) is 17.4 Å². The van der Waals surface area contributed by atoms with E-state index >= 15 is 0 Å². The lowest BCUT2D eigenvalue weighted by molar-refractivity contribution is -0.156. The van der Waals surface area contributed by atoms with Crippen LogP contribution in [0.25, 0.3) is 10.8 Å². The zero-order valence-electron chi connectivity index (χ0n) is 24.0. The summed E-state index contributed by atoms with van der Waals surface area (Å²) in [7, 11) is -2.97. The van der Waals surface area contributed by atoms with Gasteiger partial charge < -0.3 is 19.5 Å². The van der Waals surface area contributed by atoms with Gasteiger partial charge in [-0.15, -0.1) is 0 Å². The molecule has 40 heavy (non-hydrogen) atoms. The maximum absolute atomic E-state index is 13.7. The number of amides is 1. The van der Waals surface area contributed by atoms with Crippen LogP contribution in [0.1, 0.15) is 52.2 Å². The van der Waals surface area contributed by atoms with Gasteiger partial charge in [0.1, 0.15) is 34.6 Å². The van der Waals surface area contributed by atoms with Gasteiger partial charge in [-0.05, 0) is 70.0 Å². The van der Waals surface area contributed by atoms with E-state index in [0.29, 0.717) is 0 Å². The summed E-state index contributed by atoms with van der Waals surface area (Å²) in [5.41, 5.74) is 0.180. The number of benzene rings is 3. The van der Waals surface area contributed by atoms with E-state index in [2.05, 4.69) is 10.0 Å². The first-order valence-electron chi connectivity index (χ1n) is 12.9. The van der Waals surface area contributed by atoms with Gasteiger partial charge in [-0.1, -0.05) is 48.5 Å². The summed E-state index contributed by atoms with van der Waals surface area (Å²) in [4.78, 5) is 25.2. The molecule has 10 heteroatoms. The molecule has 0 fully saturated rings. The number of ether oxygens (including phenoxy) is 3. The minimum Gasteiger partial charge on any atom is -0.482 e. The number of hydrogen-bond acceptors (Lipinski definition) is 7. The second-order valence-corrected chi connectivity index (χ2v) is 12.7. The molecular formula is C30H38N2O7S. The molecule has 0 saturated heterocycles. The SMILES string of the molecule is COCNC(=O)[C@H](CC(=O)OC(C)(C)C)NS(=O)(=O)c1ccccc1OC(C)(C)c1c(C)ccc2ccccc12. The zero-order valence-corrected chi connectivity index (χ0v) is 24.8. The molecule has 3 aromatic carbocycles. The van der Waals surface area contributed by atoms with Crippen LogP contribution in [0.2, 0.25) is 0 Å². The number of methoxy groups -OCH3 is 1. The smallest absolute Gasteiger partial charge is 0.308 e. The first-order chi connectivity index (χ1) is 18.6. The van der Waals surface area contributed by atoms with Crippen LogP contribution in [0.15, 0.2) is 65.6 Å². The number of hydrogen-bond donors (Lipinski definition) is 2. The monoisotopic (exact) mass is 570 g/mol. The molecule has 3 rings (SSSR count). The van der Waals surface area contributed by atoms with E-state index in [0.717, 1.165) is 21.9 Å². The highest BCUT2D eigenvalue weighted by atomic mass is 32.2. The maximum Gasteiger partial charge on any atom is 0.308 e. The second kappa shape index (κ2) is 12.4. The Balaban J connectivity index is 1.96. The van der Waals surface area contributed by atoms with Crippen molar-refractivity contribution in [2.24, 2.45) is 0 Å². The van der Waals surface area contributed by atoms with Crippen molar-refractivity contribution in [3.8, 4) is 5.75 Å². The summed E-state index contributed by atoms with van der Waals surface area (Å²) < 4.78 is 46.3. The molecule has 0 aliphatic heterocycles. The fourth-order valence-electron chi connectivity index (χ4n) is 4.52. The van der Waals surface area contributed by atoms with Crippen LogP contribution in [0, 0.1) is 6.92 Å². The molecule has 9 nitrogen and oxygen atoms in total. The van der Waals surface area contributed by atoms with E-state index in [9.17, 15) is 18.0 Å². The van der Waals surface area contributed by atoms with Gasteiger partial charge in [0.05, 0.1) is 6.42 Å². The molecule has 1 atom stereocenters. The van der Waals surface area contributed by atoms with E-state index < -0.39 is 45.6 Å². The van der Waals surface area contributed by atoms with E-state index in [4.69, 9.17) is 14.2 Å². The molecule has 0 aliphatic carbocycles. The minimum atomic E-state index is -4.34. The van der Waals surface area contributed by atoms with Crippen LogP contribution in [-0.2, 0) is 34.7 Å². The lowest BCUT2D eigenvalue weighted by Gasteiger charge is -2.31. The van der Waals surface area contributed by atoms with E-state index in [1.807, 2.05) is 57.2 Å². The third kappa shape index (κ3) is 7.80. The number of nitrogens with one attached hydrogen (secondary N) is 2. The Hall–Kier alpha value is -3.47. The first kappa shape index (κ1) is 31.1. The molecule has 2 N–H and O–H groups in total. The van der Waals surface area contributed by atoms with Crippen LogP contribution in [0.4, 0.5) is 0 Å². The van der Waals surface area contributed by atoms with Crippen molar-refractivity contribution in [2.45, 2.75) is 70.1 Å².